The number of nitrogens with one attached hydrogen (secondary N) is 2. The van der Waals surface area contributed by atoms with Crippen molar-refractivity contribution in [3.63, 3.8) is 0 Å². The van der Waals surface area contributed by atoms with Crippen LogP contribution >= 0.6 is 0 Å². The Balaban J connectivity index is 1.91. The molecule has 0 radical (unpaired) electrons. The summed E-state index contributed by atoms with van der Waals surface area (Å²) in [5, 5.41) is 2.84. The lowest BCUT2D eigenvalue weighted by atomic mass is 10.0. The van der Waals surface area contributed by atoms with E-state index in [1.54, 1.807) is 6.92 Å². The summed E-state index contributed by atoms with van der Waals surface area (Å²) in [5.41, 5.74) is 3.20. The summed E-state index contributed by atoms with van der Waals surface area (Å²) in [6.45, 7) is 8.12. The van der Waals surface area contributed by atoms with Gasteiger partial charge >= 0.3 is 5.97 Å². The van der Waals surface area contributed by atoms with Crippen LogP contribution < -0.4 is 5.32 Å². The fraction of sp³-hybridized carbons (Fsp3) is 0.444. The molecular formula is C18H24N2O4. The number of aromatic amines is 1. The van der Waals surface area contributed by atoms with E-state index in [9.17, 15) is 9.59 Å². The van der Waals surface area contributed by atoms with Crippen LogP contribution in [0.5, 0.6) is 0 Å². The van der Waals surface area contributed by atoms with Gasteiger partial charge in [-0.05, 0) is 57.4 Å². The van der Waals surface area contributed by atoms with E-state index >= 15 is 0 Å². The number of rotatable bonds is 7. The lowest BCUT2D eigenvalue weighted by Gasteiger charge is -2.05. The van der Waals surface area contributed by atoms with E-state index in [0.717, 1.165) is 28.3 Å². The molecule has 0 unspecified atom stereocenters. The number of carbonyl (C=O) groups excluding carboxylic acids is 2. The number of aromatic nitrogens is 1. The minimum absolute atomic E-state index is 0.0539. The van der Waals surface area contributed by atoms with Crippen LogP contribution in [0.15, 0.2) is 16.5 Å². The molecule has 130 valence electrons. The fourth-order valence-electron chi connectivity index (χ4n) is 2.66. The summed E-state index contributed by atoms with van der Waals surface area (Å²) < 4.78 is 10.4. The predicted octanol–water partition coefficient (Wildman–Crippen LogP) is 2.96. The zero-order valence-corrected chi connectivity index (χ0v) is 14.6. The zero-order chi connectivity index (χ0) is 17.7. The second-order valence-corrected chi connectivity index (χ2v) is 5.74. The van der Waals surface area contributed by atoms with Crippen LogP contribution in [0.1, 0.15) is 52.2 Å². The van der Waals surface area contributed by atoms with E-state index in [1.807, 2.05) is 32.9 Å². The van der Waals surface area contributed by atoms with Gasteiger partial charge in [-0.3, -0.25) is 4.79 Å². The Morgan fingerprint density at radius 2 is 2.00 bits per heavy atom. The second-order valence-electron chi connectivity index (χ2n) is 5.74. The number of hydrogen-bond acceptors (Lipinski definition) is 4. The molecule has 2 aromatic rings. The third-order valence-electron chi connectivity index (χ3n) is 3.93. The number of H-pyrrole nitrogens is 1. The molecular weight excluding hydrogens is 308 g/mol. The highest BCUT2D eigenvalue weighted by Gasteiger charge is 2.18. The molecule has 2 N–H and O–H groups in total. The molecule has 24 heavy (non-hydrogen) atoms. The first-order valence-corrected chi connectivity index (χ1v) is 8.09. The summed E-state index contributed by atoms with van der Waals surface area (Å²) in [6.07, 6.45) is 0.915. The highest BCUT2D eigenvalue weighted by molar-refractivity contribution is 5.90. The van der Waals surface area contributed by atoms with Gasteiger partial charge in [-0.25, -0.2) is 4.79 Å². The molecule has 2 rings (SSSR count). The van der Waals surface area contributed by atoms with Crippen molar-refractivity contribution in [1.82, 2.24) is 10.3 Å². The van der Waals surface area contributed by atoms with Gasteiger partial charge in [0.1, 0.15) is 17.2 Å². The molecule has 0 aliphatic heterocycles. The molecule has 0 saturated heterocycles. The van der Waals surface area contributed by atoms with Crippen LogP contribution in [0.2, 0.25) is 0 Å². The summed E-state index contributed by atoms with van der Waals surface area (Å²) in [7, 11) is 0. The van der Waals surface area contributed by atoms with Gasteiger partial charge in [-0.15, -0.1) is 0 Å². The van der Waals surface area contributed by atoms with Crippen LogP contribution in [0.4, 0.5) is 0 Å². The van der Waals surface area contributed by atoms with Gasteiger partial charge in [-0.2, -0.15) is 0 Å². The minimum Gasteiger partial charge on any atom is -0.465 e. The zero-order valence-electron chi connectivity index (χ0n) is 14.6. The molecule has 0 atom stereocenters. The lowest BCUT2D eigenvalue weighted by Crippen LogP contribution is -2.22. The number of ether oxygens (including phenoxy) is 1. The maximum absolute atomic E-state index is 12.0. The van der Waals surface area contributed by atoms with Crippen LogP contribution in [0, 0.1) is 20.8 Å². The Morgan fingerprint density at radius 1 is 1.25 bits per heavy atom. The molecule has 0 aromatic carbocycles. The summed E-state index contributed by atoms with van der Waals surface area (Å²) in [4.78, 5) is 27.0. The monoisotopic (exact) mass is 332 g/mol. The molecule has 0 aliphatic rings. The van der Waals surface area contributed by atoms with Gasteiger partial charge in [0.2, 0.25) is 5.91 Å². The van der Waals surface area contributed by atoms with Crippen molar-refractivity contribution in [3.05, 3.63) is 46.2 Å². The van der Waals surface area contributed by atoms with Gasteiger partial charge < -0.3 is 19.5 Å². The standard InChI is InChI=1S/C18H24N2O4/c1-5-23-18(22)17-12(3)15(13(4)20-17)8-9-16(21)19-10-14-7-6-11(2)24-14/h6-7,20H,5,8-10H2,1-4H3,(H,19,21). The molecule has 0 bridgehead atoms. The lowest BCUT2D eigenvalue weighted by molar-refractivity contribution is -0.121. The molecule has 0 aliphatic carbocycles. The Hall–Kier alpha value is -2.50. The van der Waals surface area contributed by atoms with Crippen LogP contribution in [-0.2, 0) is 22.5 Å². The molecule has 1 amide bonds. The van der Waals surface area contributed by atoms with E-state index in [2.05, 4.69) is 10.3 Å². The van der Waals surface area contributed by atoms with Crippen LogP contribution in [0.3, 0.4) is 0 Å². The van der Waals surface area contributed by atoms with Crippen molar-refractivity contribution < 1.29 is 18.7 Å². The van der Waals surface area contributed by atoms with Crippen LogP contribution in [0.25, 0.3) is 0 Å². The molecule has 0 spiro atoms. The fourth-order valence-corrected chi connectivity index (χ4v) is 2.66. The Bertz CT molecular complexity index is 727. The average molecular weight is 332 g/mol. The number of amides is 1. The Labute approximate surface area is 141 Å². The van der Waals surface area contributed by atoms with Gasteiger partial charge in [-0.1, -0.05) is 0 Å². The SMILES string of the molecule is CCOC(=O)c1[nH]c(C)c(CCC(=O)NCc2ccc(C)o2)c1C. The topological polar surface area (TPSA) is 84.3 Å². The Kier molecular flexibility index (Phi) is 5.84. The number of carbonyl (C=O) groups is 2. The van der Waals surface area contributed by atoms with Crippen molar-refractivity contribution in [3.8, 4) is 0 Å². The van der Waals surface area contributed by atoms with Crippen molar-refractivity contribution in [2.45, 2.75) is 47.1 Å². The van der Waals surface area contributed by atoms with Gasteiger partial charge in [0.25, 0.3) is 0 Å². The number of aryl methyl sites for hydroxylation is 2. The maximum atomic E-state index is 12.0. The molecule has 6 nitrogen and oxygen atoms in total. The number of hydrogen-bond donors (Lipinski definition) is 2. The van der Waals surface area contributed by atoms with E-state index in [1.165, 1.54) is 0 Å². The maximum Gasteiger partial charge on any atom is 0.355 e. The molecule has 0 saturated carbocycles. The largest absolute Gasteiger partial charge is 0.465 e. The molecule has 6 heteroatoms. The van der Waals surface area contributed by atoms with E-state index < -0.39 is 0 Å². The predicted molar refractivity (Wildman–Crippen MR) is 89.8 cm³/mol. The van der Waals surface area contributed by atoms with Gasteiger partial charge in [0.15, 0.2) is 0 Å². The summed E-state index contributed by atoms with van der Waals surface area (Å²) in [6, 6.07) is 3.71. The quantitative estimate of drug-likeness (QED) is 0.764. The normalized spacial score (nSPS) is 10.7. The smallest absolute Gasteiger partial charge is 0.355 e. The molecule has 2 aromatic heterocycles. The minimum atomic E-state index is -0.359. The van der Waals surface area contributed by atoms with Gasteiger partial charge in [0.05, 0.1) is 13.2 Å². The molecule has 0 fully saturated rings. The van der Waals surface area contributed by atoms with Crippen molar-refractivity contribution >= 4 is 11.9 Å². The summed E-state index contributed by atoms with van der Waals surface area (Å²) in [5.74, 6) is 1.15. The third kappa shape index (κ3) is 4.28. The highest BCUT2D eigenvalue weighted by Crippen LogP contribution is 2.20. The highest BCUT2D eigenvalue weighted by atomic mass is 16.5. The molecule has 2 heterocycles. The van der Waals surface area contributed by atoms with E-state index in [4.69, 9.17) is 9.15 Å². The van der Waals surface area contributed by atoms with Crippen molar-refractivity contribution in [2.24, 2.45) is 0 Å². The second kappa shape index (κ2) is 7.86. The summed E-state index contributed by atoms with van der Waals surface area (Å²) >= 11 is 0. The Morgan fingerprint density at radius 3 is 2.62 bits per heavy atom. The number of furan rings is 1. The van der Waals surface area contributed by atoms with E-state index in [-0.39, 0.29) is 11.9 Å². The first kappa shape index (κ1) is 17.8. The average Bonchev–Trinajstić information content (AvgIpc) is 3.07. The first-order valence-electron chi connectivity index (χ1n) is 8.09. The first-order chi connectivity index (χ1) is 11.4. The third-order valence-corrected chi connectivity index (χ3v) is 3.93. The van der Waals surface area contributed by atoms with Crippen LogP contribution in [-0.4, -0.2) is 23.5 Å². The van der Waals surface area contributed by atoms with Gasteiger partial charge in [0, 0.05) is 12.1 Å². The number of esters is 1. The van der Waals surface area contributed by atoms with Crippen molar-refractivity contribution in [2.75, 3.05) is 6.61 Å². The van der Waals surface area contributed by atoms with Crippen molar-refractivity contribution in [1.29, 1.82) is 0 Å². The van der Waals surface area contributed by atoms with E-state index in [0.29, 0.717) is 31.7 Å².